The van der Waals surface area contributed by atoms with Gasteiger partial charge >= 0.3 is 0 Å². The Bertz CT molecular complexity index is 1200. The molecule has 1 aromatic carbocycles. The maximum Gasteiger partial charge on any atom is 0.203 e. The van der Waals surface area contributed by atoms with Crippen molar-refractivity contribution >= 4 is 22.7 Å². The van der Waals surface area contributed by atoms with Crippen molar-refractivity contribution < 1.29 is 14.2 Å². The molecule has 160 valence electrons. The minimum atomic E-state index is 0.541. The van der Waals surface area contributed by atoms with Crippen molar-refractivity contribution in [3.8, 4) is 22.9 Å². The van der Waals surface area contributed by atoms with Gasteiger partial charge in [-0.3, -0.25) is 5.10 Å². The number of hydrogen-bond donors (Lipinski definition) is 2. The maximum absolute atomic E-state index is 5.45. The summed E-state index contributed by atoms with van der Waals surface area (Å²) < 4.78 is 18.2. The summed E-state index contributed by atoms with van der Waals surface area (Å²) in [5, 5.41) is 11.2. The van der Waals surface area contributed by atoms with E-state index in [0.717, 1.165) is 29.0 Å². The van der Waals surface area contributed by atoms with Crippen molar-refractivity contribution in [3.05, 3.63) is 36.7 Å². The molecule has 1 saturated carbocycles. The van der Waals surface area contributed by atoms with Gasteiger partial charge in [0, 0.05) is 18.6 Å². The Hall–Kier alpha value is -3.82. The van der Waals surface area contributed by atoms with Crippen molar-refractivity contribution in [2.75, 3.05) is 26.6 Å². The summed E-state index contributed by atoms with van der Waals surface area (Å²) >= 11 is 0. The highest BCUT2D eigenvalue weighted by atomic mass is 16.5. The van der Waals surface area contributed by atoms with Gasteiger partial charge < -0.3 is 24.1 Å². The molecule has 10 heteroatoms. The molecule has 1 aliphatic carbocycles. The van der Waals surface area contributed by atoms with E-state index in [1.165, 1.54) is 12.8 Å². The third-order valence-electron chi connectivity index (χ3n) is 5.30. The maximum atomic E-state index is 5.45. The minimum absolute atomic E-state index is 0.541. The number of rotatable bonds is 8. The van der Waals surface area contributed by atoms with E-state index in [4.69, 9.17) is 19.2 Å². The van der Waals surface area contributed by atoms with Crippen LogP contribution in [0.1, 0.15) is 18.7 Å². The van der Waals surface area contributed by atoms with Gasteiger partial charge in [0.2, 0.25) is 5.75 Å². The molecule has 0 radical (unpaired) electrons. The molecular weight excluding hydrogens is 398 g/mol. The quantitative estimate of drug-likeness (QED) is 0.446. The predicted octanol–water partition coefficient (Wildman–Crippen LogP) is 3.26. The van der Waals surface area contributed by atoms with Gasteiger partial charge in [0.05, 0.1) is 44.8 Å². The van der Waals surface area contributed by atoms with Crippen LogP contribution < -0.4 is 19.5 Å². The zero-order chi connectivity index (χ0) is 21.4. The van der Waals surface area contributed by atoms with Crippen LogP contribution in [0.2, 0.25) is 0 Å². The predicted molar refractivity (Wildman–Crippen MR) is 115 cm³/mol. The number of methoxy groups -OCH3 is 3. The number of aromatic amines is 1. The molecule has 5 rings (SSSR count). The third-order valence-corrected chi connectivity index (χ3v) is 5.30. The third kappa shape index (κ3) is 3.72. The second kappa shape index (κ2) is 7.78. The number of benzene rings is 1. The highest BCUT2D eigenvalue weighted by Crippen LogP contribution is 2.39. The number of imidazole rings is 1. The van der Waals surface area contributed by atoms with Crippen LogP contribution in [0.4, 0.5) is 11.6 Å². The zero-order valence-corrected chi connectivity index (χ0v) is 17.5. The van der Waals surface area contributed by atoms with Crippen molar-refractivity contribution in [2.45, 2.75) is 19.3 Å². The van der Waals surface area contributed by atoms with E-state index < -0.39 is 0 Å². The number of aromatic nitrogens is 6. The highest BCUT2D eigenvalue weighted by Gasteiger charge is 2.24. The molecular formula is C21H23N7O3. The fourth-order valence-corrected chi connectivity index (χ4v) is 3.51. The molecule has 2 N–H and O–H groups in total. The number of nitrogens with one attached hydrogen (secondary N) is 2. The Morgan fingerprint density at radius 2 is 1.87 bits per heavy atom. The molecule has 0 bridgehead atoms. The van der Waals surface area contributed by atoms with Crippen LogP contribution in [0.3, 0.4) is 0 Å². The lowest BCUT2D eigenvalue weighted by atomic mass is 10.2. The van der Waals surface area contributed by atoms with Crippen LogP contribution >= 0.6 is 0 Å². The Labute approximate surface area is 178 Å². The summed E-state index contributed by atoms with van der Waals surface area (Å²) in [6.07, 6.45) is 8.66. The van der Waals surface area contributed by atoms with E-state index in [9.17, 15) is 0 Å². The normalized spacial score (nSPS) is 13.4. The number of ether oxygens (including phenoxy) is 3. The van der Waals surface area contributed by atoms with Gasteiger partial charge in [-0.25, -0.2) is 15.0 Å². The Morgan fingerprint density at radius 1 is 1.10 bits per heavy atom. The van der Waals surface area contributed by atoms with E-state index in [-0.39, 0.29) is 0 Å². The summed E-state index contributed by atoms with van der Waals surface area (Å²) in [6, 6.07) is 3.72. The monoisotopic (exact) mass is 421 g/mol. The Kier molecular flexibility index (Phi) is 4.81. The van der Waals surface area contributed by atoms with Crippen LogP contribution in [-0.2, 0) is 6.42 Å². The lowest BCUT2D eigenvalue weighted by molar-refractivity contribution is 0.324. The molecule has 0 unspecified atom stereocenters. The molecule has 3 aromatic heterocycles. The number of H-pyrrole nitrogens is 1. The average molecular weight is 421 g/mol. The molecule has 1 aliphatic rings. The molecule has 0 spiro atoms. The fraction of sp³-hybridized carbons (Fsp3) is 0.333. The van der Waals surface area contributed by atoms with Crippen molar-refractivity contribution in [1.29, 1.82) is 0 Å². The Balaban J connectivity index is 1.46. The molecule has 3 heterocycles. The van der Waals surface area contributed by atoms with Gasteiger partial charge in [0.15, 0.2) is 17.1 Å². The second-order valence-corrected chi connectivity index (χ2v) is 7.44. The van der Waals surface area contributed by atoms with Crippen LogP contribution in [0.15, 0.2) is 30.9 Å². The number of nitrogens with zero attached hydrogens (tertiary/aromatic N) is 5. The van der Waals surface area contributed by atoms with E-state index in [0.29, 0.717) is 34.8 Å². The lowest BCUT2D eigenvalue weighted by Crippen LogP contribution is -2.02. The molecule has 4 aromatic rings. The van der Waals surface area contributed by atoms with E-state index in [2.05, 4.69) is 25.5 Å². The standard InChI is InChI=1S/C21H23N7O3/c1-29-15-7-13(8-16(30-2)19(15)31-3)28-10-18(22-11-28)26-20-14-9-23-27-21(14)25-17(24-20)6-12-4-5-12/h7-12H,4-6H2,1-3H3,(H2,23,24,25,26,27). The minimum Gasteiger partial charge on any atom is -0.493 e. The van der Waals surface area contributed by atoms with Crippen LogP contribution in [0.5, 0.6) is 17.2 Å². The molecule has 0 aliphatic heterocycles. The molecule has 0 amide bonds. The summed E-state index contributed by atoms with van der Waals surface area (Å²) in [5.41, 5.74) is 1.54. The van der Waals surface area contributed by atoms with Gasteiger partial charge in [-0.15, -0.1) is 0 Å². The first-order chi connectivity index (χ1) is 15.2. The van der Waals surface area contributed by atoms with Crippen molar-refractivity contribution in [1.82, 2.24) is 29.7 Å². The van der Waals surface area contributed by atoms with Crippen LogP contribution in [0.25, 0.3) is 16.7 Å². The smallest absolute Gasteiger partial charge is 0.203 e. The number of hydrogen-bond acceptors (Lipinski definition) is 8. The largest absolute Gasteiger partial charge is 0.493 e. The topological polar surface area (TPSA) is 112 Å². The van der Waals surface area contributed by atoms with Crippen molar-refractivity contribution in [2.24, 2.45) is 5.92 Å². The summed E-state index contributed by atoms with van der Waals surface area (Å²) in [4.78, 5) is 13.8. The summed E-state index contributed by atoms with van der Waals surface area (Å²) in [6.45, 7) is 0. The summed E-state index contributed by atoms with van der Waals surface area (Å²) in [5.74, 6) is 4.51. The van der Waals surface area contributed by atoms with Gasteiger partial charge in [-0.1, -0.05) is 0 Å². The molecule has 1 fully saturated rings. The van der Waals surface area contributed by atoms with E-state index >= 15 is 0 Å². The SMILES string of the molecule is COc1cc(-n2cnc(Nc3nc(CC4CC4)nc4[nH]ncc34)c2)cc(OC)c1OC. The van der Waals surface area contributed by atoms with Gasteiger partial charge in [0.25, 0.3) is 0 Å². The molecule has 31 heavy (non-hydrogen) atoms. The first kappa shape index (κ1) is 19.2. The van der Waals surface area contributed by atoms with E-state index in [1.807, 2.05) is 22.9 Å². The summed E-state index contributed by atoms with van der Waals surface area (Å²) in [7, 11) is 4.76. The van der Waals surface area contributed by atoms with Crippen LogP contribution in [0, 0.1) is 5.92 Å². The lowest BCUT2D eigenvalue weighted by Gasteiger charge is -2.14. The van der Waals surface area contributed by atoms with Gasteiger partial charge in [-0.2, -0.15) is 5.10 Å². The zero-order valence-electron chi connectivity index (χ0n) is 17.5. The second-order valence-electron chi connectivity index (χ2n) is 7.44. The Morgan fingerprint density at radius 3 is 2.55 bits per heavy atom. The average Bonchev–Trinajstić information content (AvgIpc) is 3.26. The molecule has 0 atom stereocenters. The first-order valence-electron chi connectivity index (χ1n) is 10.00. The fourth-order valence-electron chi connectivity index (χ4n) is 3.51. The van der Waals surface area contributed by atoms with Crippen molar-refractivity contribution in [3.63, 3.8) is 0 Å². The number of fused-ring (bicyclic) bond motifs is 1. The van der Waals surface area contributed by atoms with E-state index in [1.54, 1.807) is 33.9 Å². The molecule has 10 nitrogen and oxygen atoms in total. The number of anilines is 2. The first-order valence-corrected chi connectivity index (χ1v) is 10.00. The highest BCUT2D eigenvalue weighted by molar-refractivity contribution is 5.87. The van der Waals surface area contributed by atoms with Gasteiger partial charge in [-0.05, 0) is 18.8 Å². The molecule has 0 saturated heterocycles. The van der Waals surface area contributed by atoms with Crippen LogP contribution in [-0.4, -0.2) is 51.0 Å². The van der Waals surface area contributed by atoms with Gasteiger partial charge in [0.1, 0.15) is 23.8 Å².